The van der Waals surface area contributed by atoms with Gasteiger partial charge in [-0.3, -0.25) is 0 Å². The molecule has 0 atom stereocenters. The average molecular weight is 270 g/mol. The van der Waals surface area contributed by atoms with Crippen LogP contribution in [0.1, 0.15) is 17.3 Å². The first-order valence-corrected chi connectivity index (χ1v) is 5.97. The van der Waals surface area contributed by atoms with Crippen LogP contribution in [0.4, 0.5) is 4.39 Å². The van der Waals surface area contributed by atoms with Gasteiger partial charge in [0.25, 0.3) is 0 Å². The van der Waals surface area contributed by atoms with Gasteiger partial charge in [0, 0.05) is 24.5 Å². The molecule has 6 heteroatoms. The Bertz CT molecular complexity index is 530. The van der Waals surface area contributed by atoms with Crippen LogP contribution in [0.5, 0.6) is 0 Å². The van der Waals surface area contributed by atoms with Crippen molar-refractivity contribution in [3.8, 4) is 0 Å². The van der Waals surface area contributed by atoms with E-state index in [0.717, 1.165) is 5.56 Å². The van der Waals surface area contributed by atoms with E-state index in [1.54, 1.807) is 13.0 Å². The zero-order chi connectivity index (χ0) is 13.0. The van der Waals surface area contributed by atoms with E-state index in [9.17, 15) is 4.39 Å². The van der Waals surface area contributed by atoms with Gasteiger partial charge in [-0.2, -0.15) is 4.98 Å². The van der Waals surface area contributed by atoms with E-state index in [-0.39, 0.29) is 5.82 Å². The molecule has 4 nitrogen and oxygen atoms in total. The van der Waals surface area contributed by atoms with Crippen LogP contribution in [0.15, 0.2) is 22.7 Å². The Morgan fingerprint density at radius 2 is 2.28 bits per heavy atom. The van der Waals surface area contributed by atoms with E-state index in [1.807, 2.05) is 0 Å². The normalized spacial score (nSPS) is 10.8. The van der Waals surface area contributed by atoms with Crippen molar-refractivity contribution in [1.82, 2.24) is 15.5 Å². The lowest BCUT2D eigenvalue weighted by molar-refractivity contribution is 0.372. The minimum atomic E-state index is -0.329. The second-order valence-electron chi connectivity index (χ2n) is 3.90. The molecule has 0 aliphatic heterocycles. The zero-order valence-corrected chi connectivity index (χ0v) is 10.7. The van der Waals surface area contributed by atoms with Gasteiger partial charge >= 0.3 is 0 Å². The molecule has 96 valence electrons. The van der Waals surface area contributed by atoms with Crippen LogP contribution in [0, 0.1) is 12.7 Å². The maximum Gasteiger partial charge on any atom is 0.227 e. The topological polar surface area (TPSA) is 51.0 Å². The van der Waals surface area contributed by atoms with Crippen molar-refractivity contribution in [2.24, 2.45) is 0 Å². The molecule has 0 saturated carbocycles. The highest BCUT2D eigenvalue weighted by Crippen LogP contribution is 2.16. The molecular formula is C12H13ClFN3O. The number of hydrogen-bond acceptors (Lipinski definition) is 4. The molecule has 0 fully saturated rings. The van der Waals surface area contributed by atoms with Crippen molar-refractivity contribution >= 4 is 11.6 Å². The summed E-state index contributed by atoms with van der Waals surface area (Å²) in [6.07, 6.45) is 0.652. The van der Waals surface area contributed by atoms with Gasteiger partial charge in [-0.15, -0.1) is 0 Å². The van der Waals surface area contributed by atoms with Crippen molar-refractivity contribution in [1.29, 1.82) is 0 Å². The Kier molecular flexibility index (Phi) is 4.28. The molecule has 1 N–H and O–H groups in total. The molecule has 2 aromatic rings. The van der Waals surface area contributed by atoms with Crippen LogP contribution < -0.4 is 5.32 Å². The fourth-order valence-corrected chi connectivity index (χ4v) is 1.76. The number of aromatic nitrogens is 2. The van der Waals surface area contributed by atoms with Crippen LogP contribution in [0.3, 0.4) is 0 Å². The second kappa shape index (κ2) is 5.93. The number of halogens is 2. The van der Waals surface area contributed by atoms with E-state index >= 15 is 0 Å². The molecule has 0 spiro atoms. The summed E-state index contributed by atoms with van der Waals surface area (Å²) in [6.45, 7) is 3.04. The van der Waals surface area contributed by atoms with Crippen molar-refractivity contribution in [3.05, 3.63) is 46.3 Å². The van der Waals surface area contributed by atoms with Crippen LogP contribution in [-0.4, -0.2) is 16.7 Å². The van der Waals surface area contributed by atoms with Crippen molar-refractivity contribution in [3.63, 3.8) is 0 Å². The van der Waals surface area contributed by atoms with E-state index < -0.39 is 0 Å². The highest BCUT2D eigenvalue weighted by Gasteiger charge is 2.04. The maximum atomic E-state index is 12.8. The lowest BCUT2D eigenvalue weighted by Gasteiger charge is -2.05. The van der Waals surface area contributed by atoms with Crippen molar-refractivity contribution in [2.75, 3.05) is 6.54 Å². The van der Waals surface area contributed by atoms with Crippen molar-refractivity contribution in [2.45, 2.75) is 19.9 Å². The lowest BCUT2D eigenvalue weighted by Crippen LogP contribution is -2.17. The highest BCUT2D eigenvalue weighted by atomic mass is 35.5. The molecule has 0 aliphatic rings. The minimum absolute atomic E-state index is 0.329. The summed E-state index contributed by atoms with van der Waals surface area (Å²) in [5.74, 6) is 0.905. The standard InChI is InChI=1S/C12H13ClFN3O/c1-8-16-12(18-17-8)4-5-15-7-9-2-3-10(14)6-11(9)13/h2-3,6,15H,4-5,7H2,1H3. The summed E-state index contributed by atoms with van der Waals surface area (Å²) in [4.78, 5) is 4.09. The number of hydrogen-bond donors (Lipinski definition) is 1. The first-order chi connectivity index (χ1) is 8.65. The number of nitrogens with one attached hydrogen (secondary N) is 1. The predicted octanol–water partition coefficient (Wildman–Crippen LogP) is 2.50. The van der Waals surface area contributed by atoms with Crippen molar-refractivity contribution < 1.29 is 8.91 Å². The SMILES string of the molecule is Cc1noc(CCNCc2ccc(F)cc2Cl)n1. The van der Waals surface area contributed by atoms with Gasteiger partial charge in [0.15, 0.2) is 5.82 Å². The first-order valence-electron chi connectivity index (χ1n) is 5.59. The van der Waals surface area contributed by atoms with E-state index in [4.69, 9.17) is 16.1 Å². The van der Waals surface area contributed by atoms with E-state index in [0.29, 0.717) is 36.2 Å². The quantitative estimate of drug-likeness (QED) is 0.848. The smallest absolute Gasteiger partial charge is 0.227 e. The van der Waals surface area contributed by atoms with E-state index in [2.05, 4.69) is 15.5 Å². The summed E-state index contributed by atoms with van der Waals surface area (Å²) in [6, 6.07) is 4.37. The Morgan fingerprint density at radius 3 is 2.94 bits per heavy atom. The molecule has 0 bridgehead atoms. The fraction of sp³-hybridized carbons (Fsp3) is 0.333. The minimum Gasteiger partial charge on any atom is -0.339 e. The van der Waals surface area contributed by atoms with Gasteiger partial charge < -0.3 is 9.84 Å². The van der Waals surface area contributed by atoms with Gasteiger partial charge in [-0.05, 0) is 24.6 Å². The zero-order valence-electron chi connectivity index (χ0n) is 9.91. The summed E-state index contributed by atoms with van der Waals surface area (Å²) >= 11 is 5.91. The molecule has 0 amide bonds. The number of rotatable bonds is 5. The Balaban J connectivity index is 1.78. The molecule has 1 aromatic heterocycles. The third-order valence-electron chi connectivity index (χ3n) is 2.42. The summed E-state index contributed by atoms with van der Waals surface area (Å²) in [5, 5.41) is 7.31. The molecule has 1 heterocycles. The molecule has 0 radical (unpaired) electrons. The predicted molar refractivity (Wildman–Crippen MR) is 65.9 cm³/mol. The second-order valence-corrected chi connectivity index (χ2v) is 4.31. The third kappa shape index (κ3) is 3.51. The molecule has 0 aliphatic carbocycles. The largest absolute Gasteiger partial charge is 0.339 e. The highest BCUT2D eigenvalue weighted by molar-refractivity contribution is 6.31. The first kappa shape index (κ1) is 13.0. The number of aryl methyl sites for hydroxylation is 1. The summed E-state index contributed by atoms with van der Waals surface area (Å²) in [5.41, 5.74) is 0.861. The van der Waals surface area contributed by atoms with E-state index in [1.165, 1.54) is 12.1 Å². The Hall–Kier alpha value is -1.46. The third-order valence-corrected chi connectivity index (χ3v) is 2.77. The number of nitrogens with zero attached hydrogens (tertiary/aromatic N) is 2. The van der Waals surface area contributed by atoms with Gasteiger partial charge in [0.2, 0.25) is 5.89 Å². The Morgan fingerprint density at radius 1 is 1.44 bits per heavy atom. The molecule has 0 unspecified atom stereocenters. The number of benzene rings is 1. The average Bonchev–Trinajstić information content (AvgIpc) is 2.73. The lowest BCUT2D eigenvalue weighted by atomic mass is 10.2. The summed E-state index contributed by atoms with van der Waals surface area (Å²) < 4.78 is 17.8. The van der Waals surface area contributed by atoms with Crippen LogP contribution in [-0.2, 0) is 13.0 Å². The van der Waals surface area contributed by atoms with Gasteiger partial charge in [-0.25, -0.2) is 4.39 Å². The molecule has 0 saturated heterocycles. The monoisotopic (exact) mass is 269 g/mol. The molecule has 1 aromatic carbocycles. The maximum absolute atomic E-state index is 12.8. The molecular weight excluding hydrogens is 257 g/mol. The van der Waals surface area contributed by atoms with Crippen LogP contribution in [0.25, 0.3) is 0 Å². The van der Waals surface area contributed by atoms with Crippen LogP contribution >= 0.6 is 11.6 Å². The van der Waals surface area contributed by atoms with Gasteiger partial charge in [-0.1, -0.05) is 22.8 Å². The summed E-state index contributed by atoms with van der Waals surface area (Å²) in [7, 11) is 0. The fourth-order valence-electron chi connectivity index (χ4n) is 1.53. The molecule has 18 heavy (non-hydrogen) atoms. The Labute approximate surface area is 109 Å². The van der Waals surface area contributed by atoms with Gasteiger partial charge in [0.05, 0.1) is 0 Å². The molecule has 2 rings (SSSR count). The van der Waals surface area contributed by atoms with Crippen LogP contribution in [0.2, 0.25) is 5.02 Å². The van der Waals surface area contributed by atoms with Gasteiger partial charge in [0.1, 0.15) is 5.82 Å².